The fraction of sp³-hybridized carbons (Fsp3) is 0.250. The first kappa shape index (κ1) is 13.3. The van der Waals surface area contributed by atoms with Gasteiger partial charge in [0.15, 0.2) is 11.5 Å². The van der Waals surface area contributed by atoms with Crippen LogP contribution >= 0.6 is 0 Å². The number of hydrogen-bond donors (Lipinski definition) is 0. The van der Waals surface area contributed by atoms with E-state index in [4.69, 9.17) is 4.74 Å². The quantitative estimate of drug-likeness (QED) is 0.724. The first-order chi connectivity index (χ1) is 8.93. The van der Waals surface area contributed by atoms with Gasteiger partial charge in [-0.2, -0.15) is 0 Å². The van der Waals surface area contributed by atoms with Crippen LogP contribution in [0.25, 0.3) is 0 Å². The Labute approximate surface area is 112 Å². The van der Waals surface area contributed by atoms with E-state index in [1.54, 1.807) is 26.8 Å². The lowest BCUT2D eigenvalue weighted by Gasteiger charge is -2.16. The van der Waals surface area contributed by atoms with Gasteiger partial charge in [-0.15, -0.1) is 0 Å². The Morgan fingerprint density at radius 1 is 0.737 bits per heavy atom. The van der Waals surface area contributed by atoms with Crippen LogP contribution < -0.4 is 0 Å². The molecule has 0 aromatic carbocycles. The Morgan fingerprint density at radius 3 is 1.63 bits per heavy atom. The van der Waals surface area contributed by atoms with Gasteiger partial charge in [-0.25, -0.2) is 0 Å². The molecule has 98 valence electrons. The van der Waals surface area contributed by atoms with E-state index in [1.165, 1.54) is 7.11 Å². The number of carbonyl (C=O) groups excluding carboxylic acids is 2. The average molecular weight is 256 g/mol. The number of ketones is 2. The maximum Gasteiger partial charge on any atom is 0.223 e. The van der Waals surface area contributed by atoms with Crippen molar-refractivity contribution < 1.29 is 14.3 Å². The molecule has 0 atom stereocenters. The van der Waals surface area contributed by atoms with Crippen molar-refractivity contribution in [2.75, 3.05) is 7.11 Å². The number of ether oxygens (including phenoxy) is 1. The van der Waals surface area contributed by atoms with Gasteiger partial charge in [0, 0.05) is 5.57 Å². The SMILES string of the molecule is COC1=CC(=C2C=C(C)C(=O)C(C)=C2)C=C(C)C1=O. The van der Waals surface area contributed by atoms with Gasteiger partial charge in [0.1, 0.15) is 0 Å². The predicted octanol–water partition coefficient (Wildman–Crippen LogP) is 2.82. The molecule has 0 aromatic heterocycles. The van der Waals surface area contributed by atoms with Crippen molar-refractivity contribution in [1.82, 2.24) is 0 Å². The molecule has 3 heteroatoms. The second-order valence-electron chi connectivity index (χ2n) is 4.76. The molecule has 0 spiro atoms. The van der Waals surface area contributed by atoms with Gasteiger partial charge in [-0.05, 0) is 67.4 Å². The van der Waals surface area contributed by atoms with Crippen LogP contribution in [0.4, 0.5) is 0 Å². The molecule has 0 aliphatic heterocycles. The van der Waals surface area contributed by atoms with Crippen molar-refractivity contribution in [2.24, 2.45) is 0 Å². The van der Waals surface area contributed by atoms with Crippen molar-refractivity contribution >= 4 is 11.6 Å². The summed E-state index contributed by atoms with van der Waals surface area (Å²) < 4.78 is 5.10. The fourth-order valence-corrected chi connectivity index (χ4v) is 2.18. The van der Waals surface area contributed by atoms with Gasteiger partial charge >= 0.3 is 0 Å². The third-order valence-electron chi connectivity index (χ3n) is 3.25. The predicted molar refractivity (Wildman–Crippen MR) is 73.4 cm³/mol. The number of methoxy groups -OCH3 is 1. The lowest BCUT2D eigenvalue weighted by atomic mass is 9.90. The standard InChI is InChI=1S/C16H16O3/c1-9-5-12(6-10(2)15(9)17)13-7-11(3)16(18)14(8-13)19-4/h5-8H,1-4H3. The summed E-state index contributed by atoms with van der Waals surface area (Å²) >= 11 is 0. The summed E-state index contributed by atoms with van der Waals surface area (Å²) in [6, 6.07) is 0. The fourth-order valence-electron chi connectivity index (χ4n) is 2.18. The topological polar surface area (TPSA) is 43.4 Å². The highest BCUT2D eigenvalue weighted by molar-refractivity contribution is 6.10. The zero-order chi connectivity index (χ0) is 14.2. The smallest absolute Gasteiger partial charge is 0.223 e. The van der Waals surface area contributed by atoms with Gasteiger partial charge in [0.05, 0.1) is 7.11 Å². The highest BCUT2D eigenvalue weighted by Crippen LogP contribution is 2.27. The molecule has 0 saturated carbocycles. The number of Topliss-reactive ketones (excluding diaryl/α,β-unsaturated/α-hetero) is 2. The second kappa shape index (κ2) is 4.84. The van der Waals surface area contributed by atoms with Crippen LogP contribution in [0.15, 0.2) is 57.9 Å². The molecule has 19 heavy (non-hydrogen) atoms. The molecule has 0 radical (unpaired) electrons. The Hall–Kier alpha value is -2.16. The Morgan fingerprint density at radius 2 is 1.16 bits per heavy atom. The van der Waals surface area contributed by atoms with E-state index in [1.807, 2.05) is 18.2 Å². The second-order valence-corrected chi connectivity index (χ2v) is 4.76. The van der Waals surface area contributed by atoms with Gasteiger partial charge in [0.2, 0.25) is 5.78 Å². The first-order valence-electron chi connectivity index (χ1n) is 6.08. The van der Waals surface area contributed by atoms with Crippen LogP contribution in [0.5, 0.6) is 0 Å². The van der Waals surface area contributed by atoms with E-state index in [-0.39, 0.29) is 11.6 Å². The normalized spacial score (nSPS) is 19.8. The zero-order valence-corrected chi connectivity index (χ0v) is 11.5. The molecule has 0 aromatic rings. The average Bonchev–Trinajstić information content (AvgIpc) is 2.38. The van der Waals surface area contributed by atoms with E-state index in [0.29, 0.717) is 22.5 Å². The highest BCUT2D eigenvalue weighted by atomic mass is 16.5. The van der Waals surface area contributed by atoms with Crippen molar-refractivity contribution in [1.29, 1.82) is 0 Å². The van der Waals surface area contributed by atoms with Crippen molar-refractivity contribution in [3.63, 3.8) is 0 Å². The minimum Gasteiger partial charge on any atom is -0.493 e. The van der Waals surface area contributed by atoms with E-state index in [9.17, 15) is 9.59 Å². The Balaban J connectivity index is 2.58. The molecular weight excluding hydrogens is 240 g/mol. The van der Waals surface area contributed by atoms with Crippen LogP contribution in [0.2, 0.25) is 0 Å². The lowest BCUT2D eigenvalue weighted by molar-refractivity contribution is -0.115. The number of hydrogen-bond acceptors (Lipinski definition) is 3. The summed E-state index contributed by atoms with van der Waals surface area (Å²) in [6.45, 7) is 5.35. The molecule has 2 aliphatic rings. The molecule has 3 nitrogen and oxygen atoms in total. The van der Waals surface area contributed by atoms with Crippen molar-refractivity contribution in [2.45, 2.75) is 20.8 Å². The molecule has 0 saturated heterocycles. The van der Waals surface area contributed by atoms with Crippen LogP contribution in [0.3, 0.4) is 0 Å². The third kappa shape index (κ3) is 2.36. The first-order valence-corrected chi connectivity index (χ1v) is 6.08. The minimum atomic E-state index is -0.0971. The van der Waals surface area contributed by atoms with Crippen LogP contribution in [-0.4, -0.2) is 18.7 Å². The van der Waals surface area contributed by atoms with E-state index in [2.05, 4.69) is 0 Å². The van der Waals surface area contributed by atoms with Crippen LogP contribution in [-0.2, 0) is 14.3 Å². The molecule has 0 fully saturated rings. The molecule has 2 rings (SSSR count). The molecular formula is C16H16O3. The molecule has 0 heterocycles. The monoisotopic (exact) mass is 256 g/mol. The van der Waals surface area contributed by atoms with Gasteiger partial charge in [-0.3, -0.25) is 9.59 Å². The number of allylic oxidation sites excluding steroid dienone is 9. The molecule has 0 unspecified atom stereocenters. The maximum atomic E-state index is 11.8. The highest BCUT2D eigenvalue weighted by Gasteiger charge is 2.20. The number of carbonyl (C=O) groups is 2. The zero-order valence-electron chi connectivity index (χ0n) is 11.5. The van der Waals surface area contributed by atoms with Gasteiger partial charge < -0.3 is 4.74 Å². The summed E-state index contributed by atoms with van der Waals surface area (Å²) in [5, 5.41) is 0. The summed E-state index contributed by atoms with van der Waals surface area (Å²) in [5.74, 6) is 0.296. The molecule has 2 aliphatic carbocycles. The lowest BCUT2D eigenvalue weighted by Crippen LogP contribution is -2.12. The van der Waals surface area contributed by atoms with Crippen LogP contribution in [0.1, 0.15) is 20.8 Å². The van der Waals surface area contributed by atoms with Gasteiger partial charge in [-0.1, -0.05) is 0 Å². The minimum absolute atomic E-state index is 0.0629. The van der Waals surface area contributed by atoms with E-state index in [0.717, 1.165) is 11.1 Å². The molecule has 0 N–H and O–H groups in total. The molecule has 0 bridgehead atoms. The van der Waals surface area contributed by atoms with E-state index >= 15 is 0 Å². The Bertz CT molecular complexity index is 598. The van der Waals surface area contributed by atoms with Crippen LogP contribution in [0, 0.1) is 0 Å². The summed E-state index contributed by atoms with van der Waals surface area (Å²) in [5.41, 5.74) is 3.86. The van der Waals surface area contributed by atoms with Crippen molar-refractivity contribution in [3.05, 3.63) is 57.9 Å². The number of rotatable bonds is 1. The maximum absolute atomic E-state index is 11.8. The Kier molecular flexibility index (Phi) is 3.38. The van der Waals surface area contributed by atoms with Crippen molar-refractivity contribution in [3.8, 4) is 0 Å². The third-order valence-corrected chi connectivity index (χ3v) is 3.25. The summed E-state index contributed by atoms with van der Waals surface area (Å²) in [7, 11) is 1.48. The summed E-state index contributed by atoms with van der Waals surface area (Å²) in [6.07, 6.45) is 7.22. The summed E-state index contributed by atoms with van der Waals surface area (Å²) in [4.78, 5) is 23.5. The largest absolute Gasteiger partial charge is 0.493 e. The van der Waals surface area contributed by atoms with Gasteiger partial charge in [0.25, 0.3) is 0 Å². The molecule has 0 amide bonds. The van der Waals surface area contributed by atoms with E-state index < -0.39 is 0 Å².